The summed E-state index contributed by atoms with van der Waals surface area (Å²) in [4.78, 5) is 14.0. The van der Waals surface area contributed by atoms with Gasteiger partial charge < -0.3 is 4.90 Å². The zero-order valence-electron chi connectivity index (χ0n) is 9.50. The molecule has 0 aromatic carbocycles. The maximum Gasteiger partial charge on any atom is 0.222 e. The molecule has 0 aromatic heterocycles. The number of likely N-dealkylation sites (tertiary alicyclic amines) is 1. The Hall–Kier alpha value is -0.790. The van der Waals surface area contributed by atoms with Crippen LogP contribution in [0.2, 0.25) is 0 Å². The van der Waals surface area contributed by atoms with Gasteiger partial charge in [-0.1, -0.05) is 12.2 Å². The molecule has 1 atom stereocenters. The molecule has 1 aliphatic heterocycles. The van der Waals surface area contributed by atoms with E-state index in [1.165, 1.54) is 37.7 Å². The van der Waals surface area contributed by atoms with E-state index in [4.69, 9.17) is 0 Å². The van der Waals surface area contributed by atoms with Gasteiger partial charge in [-0.15, -0.1) is 0 Å². The minimum atomic E-state index is 0.382. The van der Waals surface area contributed by atoms with Crippen molar-refractivity contribution in [3.63, 3.8) is 0 Å². The van der Waals surface area contributed by atoms with Crippen molar-refractivity contribution in [1.82, 2.24) is 4.90 Å². The summed E-state index contributed by atoms with van der Waals surface area (Å²) in [5, 5.41) is 0. The highest BCUT2D eigenvalue weighted by Crippen LogP contribution is 2.30. The Bertz CT molecular complexity index is 253. The van der Waals surface area contributed by atoms with Crippen LogP contribution in [0.1, 0.15) is 44.9 Å². The molecule has 1 aliphatic carbocycles. The minimum absolute atomic E-state index is 0.382. The zero-order chi connectivity index (χ0) is 10.7. The lowest BCUT2D eigenvalue weighted by molar-refractivity contribution is -0.131. The Kier molecular flexibility index (Phi) is 3.45. The highest BCUT2D eigenvalue weighted by Gasteiger charge is 2.23. The van der Waals surface area contributed by atoms with E-state index in [0.717, 1.165) is 25.9 Å². The third-order valence-electron chi connectivity index (χ3n) is 3.64. The van der Waals surface area contributed by atoms with Crippen LogP contribution in [-0.2, 0) is 4.79 Å². The summed E-state index contributed by atoms with van der Waals surface area (Å²) in [5.74, 6) is 0.964. The van der Waals surface area contributed by atoms with E-state index in [0.29, 0.717) is 11.8 Å². The molecule has 1 amide bonds. The fraction of sp³-hybridized carbons (Fsp3) is 0.769. The number of carbonyl (C=O) groups excluding carboxylic acids is 1. The van der Waals surface area contributed by atoms with Crippen molar-refractivity contribution >= 4 is 5.91 Å². The molecule has 0 aromatic rings. The van der Waals surface area contributed by atoms with Crippen LogP contribution in [0.5, 0.6) is 0 Å². The fourth-order valence-electron chi connectivity index (χ4n) is 2.77. The van der Waals surface area contributed by atoms with E-state index in [2.05, 4.69) is 6.58 Å². The summed E-state index contributed by atoms with van der Waals surface area (Å²) in [7, 11) is 0. The quantitative estimate of drug-likeness (QED) is 0.638. The van der Waals surface area contributed by atoms with Gasteiger partial charge in [-0.05, 0) is 44.4 Å². The Morgan fingerprint density at radius 3 is 2.73 bits per heavy atom. The van der Waals surface area contributed by atoms with Crippen LogP contribution < -0.4 is 0 Å². The summed E-state index contributed by atoms with van der Waals surface area (Å²) in [5.41, 5.74) is 1.35. The molecule has 2 fully saturated rings. The monoisotopic (exact) mass is 207 g/mol. The van der Waals surface area contributed by atoms with Gasteiger partial charge in [0.05, 0.1) is 0 Å². The summed E-state index contributed by atoms with van der Waals surface area (Å²) >= 11 is 0. The first kappa shape index (κ1) is 10.7. The van der Waals surface area contributed by atoms with Crippen molar-refractivity contribution in [1.29, 1.82) is 0 Å². The van der Waals surface area contributed by atoms with Crippen LogP contribution in [0.25, 0.3) is 0 Å². The number of hydrogen-bond donors (Lipinski definition) is 0. The highest BCUT2D eigenvalue weighted by molar-refractivity contribution is 5.76. The molecule has 2 aliphatic rings. The molecule has 0 bridgehead atoms. The number of carbonyl (C=O) groups is 1. The zero-order valence-corrected chi connectivity index (χ0v) is 9.50. The summed E-state index contributed by atoms with van der Waals surface area (Å²) in [6.07, 6.45) is 7.87. The maximum atomic E-state index is 11.9. The van der Waals surface area contributed by atoms with Crippen LogP contribution in [-0.4, -0.2) is 23.9 Å². The third kappa shape index (κ3) is 2.83. The van der Waals surface area contributed by atoms with Crippen molar-refractivity contribution in [2.24, 2.45) is 5.92 Å². The molecule has 1 saturated heterocycles. The van der Waals surface area contributed by atoms with Gasteiger partial charge in [-0.25, -0.2) is 0 Å². The average Bonchev–Trinajstić information content (AvgIpc) is 2.70. The molecule has 0 spiro atoms. The number of rotatable bonds is 2. The van der Waals surface area contributed by atoms with Gasteiger partial charge in [0, 0.05) is 19.5 Å². The van der Waals surface area contributed by atoms with E-state index >= 15 is 0 Å². The molecule has 1 unspecified atom stereocenters. The third-order valence-corrected chi connectivity index (χ3v) is 3.64. The van der Waals surface area contributed by atoms with Gasteiger partial charge in [0.25, 0.3) is 0 Å². The molecule has 0 N–H and O–H groups in total. The molecule has 15 heavy (non-hydrogen) atoms. The Morgan fingerprint density at radius 1 is 1.33 bits per heavy atom. The van der Waals surface area contributed by atoms with Gasteiger partial charge >= 0.3 is 0 Å². The van der Waals surface area contributed by atoms with Crippen molar-refractivity contribution in [2.45, 2.75) is 44.9 Å². The Balaban J connectivity index is 1.79. The topological polar surface area (TPSA) is 20.3 Å². The molecular formula is C13H21NO. The molecule has 2 heteroatoms. The molecule has 84 valence electrons. The normalized spacial score (nSPS) is 27.1. The van der Waals surface area contributed by atoms with E-state index in [1.807, 2.05) is 4.90 Å². The number of hydrogen-bond acceptors (Lipinski definition) is 1. The lowest BCUT2D eigenvalue weighted by atomic mass is 9.84. The standard InChI is InChI=1S/C13H21NO/c1-11-5-4-6-12(9-11)10-13(15)14-7-2-3-8-14/h12H,1-10H2. The van der Waals surface area contributed by atoms with Gasteiger partial charge in [-0.3, -0.25) is 4.79 Å². The first-order chi connectivity index (χ1) is 7.25. The fourth-order valence-corrected chi connectivity index (χ4v) is 2.77. The highest BCUT2D eigenvalue weighted by atomic mass is 16.2. The van der Waals surface area contributed by atoms with E-state index < -0.39 is 0 Å². The first-order valence-corrected chi connectivity index (χ1v) is 6.20. The second-order valence-corrected chi connectivity index (χ2v) is 5.00. The largest absolute Gasteiger partial charge is 0.343 e. The van der Waals surface area contributed by atoms with Crippen LogP contribution in [0.15, 0.2) is 12.2 Å². The van der Waals surface area contributed by atoms with Crippen LogP contribution >= 0.6 is 0 Å². The van der Waals surface area contributed by atoms with Crippen molar-refractivity contribution in [3.8, 4) is 0 Å². The van der Waals surface area contributed by atoms with E-state index in [9.17, 15) is 4.79 Å². The molecule has 1 saturated carbocycles. The Labute approximate surface area is 92.3 Å². The average molecular weight is 207 g/mol. The van der Waals surface area contributed by atoms with E-state index in [-0.39, 0.29) is 0 Å². The molecule has 1 heterocycles. The molecule has 0 radical (unpaired) electrons. The van der Waals surface area contributed by atoms with Gasteiger partial charge in [0.2, 0.25) is 5.91 Å². The van der Waals surface area contributed by atoms with E-state index in [1.54, 1.807) is 0 Å². The number of allylic oxidation sites excluding steroid dienone is 1. The summed E-state index contributed by atoms with van der Waals surface area (Å²) < 4.78 is 0. The molecule has 2 rings (SSSR count). The first-order valence-electron chi connectivity index (χ1n) is 6.20. The van der Waals surface area contributed by atoms with Crippen molar-refractivity contribution in [3.05, 3.63) is 12.2 Å². The lowest BCUT2D eigenvalue weighted by Crippen LogP contribution is -2.29. The number of nitrogens with zero attached hydrogens (tertiary/aromatic N) is 1. The van der Waals surface area contributed by atoms with Crippen LogP contribution in [0.3, 0.4) is 0 Å². The summed E-state index contributed by atoms with van der Waals surface area (Å²) in [6, 6.07) is 0. The van der Waals surface area contributed by atoms with Crippen LogP contribution in [0, 0.1) is 5.92 Å². The minimum Gasteiger partial charge on any atom is -0.343 e. The van der Waals surface area contributed by atoms with Crippen molar-refractivity contribution in [2.75, 3.05) is 13.1 Å². The second-order valence-electron chi connectivity index (χ2n) is 5.00. The molecule has 2 nitrogen and oxygen atoms in total. The predicted molar refractivity (Wildman–Crippen MR) is 61.5 cm³/mol. The number of amides is 1. The van der Waals surface area contributed by atoms with Gasteiger partial charge in [0.15, 0.2) is 0 Å². The SMILES string of the molecule is C=C1CCCC(CC(=O)N2CCCC2)C1. The van der Waals surface area contributed by atoms with Crippen LogP contribution in [0.4, 0.5) is 0 Å². The van der Waals surface area contributed by atoms with Gasteiger partial charge in [0.1, 0.15) is 0 Å². The van der Waals surface area contributed by atoms with Gasteiger partial charge in [-0.2, -0.15) is 0 Å². The predicted octanol–water partition coefficient (Wildman–Crippen LogP) is 2.75. The Morgan fingerprint density at radius 2 is 2.07 bits per heavy atom. The second kappa shape index (κ2) is 4.82. The van der Waals surface area contributed by atoms with Crippen molar-refractivity contribution < 1.29 is 4.79 Å². The molecular weight excluding hydrogens is 186 g/mol. The smallest absolute Gasteiger partial charge is 0.222 e. The maximum absolute atomic E-state index is 11.9. The summed E-state index contributed by atoms with van der Waals surface area (Å²) in [6.45, 7) is 6.03. The lowest BCUT2D eigenvalue weighted by Gasteiger charge is -2.25.